The Balaban J connectivity index is 1.07. The number of carbonyl (C=O) groups excluding carboxylic acids is 1. The van der Waals surface area contributed by atoms with Crippen molar-refractivity contribution in [1.82, 2.24) is 25.2 Å². The number of rotatable bonds is 9. The number of nitrogens with one attached hydrogen (secondary N) is 3. The lowest BCUT2D eigenvalue weighted by Gasteiger charge is -2.33. The monoisotopic (exact) mass is 569 g/mol. The Hall–Kier alpha value is -3.86. The molecule has 6 rings (SSSR count). The smallest absolute Gasteiger partial charge is 0.243 e. The highest BCUT2D eigenvalue weighted by molar-refractivity contribution is 8.00. The number of ether oxygens (including phenoxy) is 1. The van der Waals surface area contributed by atoms with Crippen LogP contribution in [0.3, 0.4) is 0 Å². The van der Waals surface area contributed by atoms with Gasteiger partial charge in [0.15, 0.2) is 0 Å². The normalized spacial score (nSPS) is 17.9. The van der Waals surface area contributed by atoms with Gasteiger partial charge in [-0.25, -0.2) is 9.97 Å². The molecule has 2 aliphatic rings. The number of hydrogen-bond acceptors (Lipinski definition) is 8. The van der Waals surface area contributed by atoms with Gasteiger partial charge in [-0.15, -0.1) is 0 Å². The molecular formula is C31H35N7O2S. The van der Waals surface area contributed by atoms with Crippen LogP contribution in [-0.2, 0) is 16.1 Å². The fourth-order valence-electron chi connectivity index (χ4n) is 5.49. The van der Waals surface area contributed by atoms with E-state index in [1.54, 1.807) is 18.3 Å². The molecular weight excluding hydrogens is 534 g/mol. The number of piperidine rings is 1. The summed E-state index contributed by atoms with van der Waals surface area (Å²) in [5, 5.41) is 4.08. The van der Waals surface area contributed by atoms with E-state index in [4.69, 9.17) is 4.74 Å². The number of benzene rings is 2. The van der Waals surface area contributed by atoms with Crippen molar-refractivity contribution in [2.75, 3.05) is 49.0 Å². The van der Waals surface area contributed by atoms with Crippen LogP contribution in [0.5, 0.6) is 0 Å². The van der Waals surface area contributed by atoms with E-state index >= 15 is 0 Å². The molecule has 2 aliphatic heterocycles. The molecule has 0 bridgehead atoms. The summed E-state index contributed by atoms with van der Waals surface area (Å²) >= 11 is 1.61. The SMILES string of the molecule is C=CC(=O)N[C@@H]1CCCN(Cc2cccc(SNc3ccc(-c4cc5c(N6CCOCC6)ncnc5[nH]4)cc3)c2)C1. The quantitative estimate of drug-likeness (QED) is 0.195. The summed E-state index contributed by atoms with van der Waals surface area (Å²) < 4.78 is 8.98. The van der Waals surface area contributed by atoms with E-state index in [-0.39, 0.29) is 11.9 Å². The summed E-state index contributed by atoms with van der Waals surface area (Å²) in [5.41, 5.74) is 5.26. The Kier molecular flexibility index (Phi) is 8.50. The predicted octanol–water partition coefficient (Wildman–Crippen LogP) is 4.85. The summed E-state index contributed by atoms with van der Waals surface area (Å²) in [6.07, 6.45) is 5.06. The Morgan fingerprint density at radius 3 is 2.80 bits per heavy atom. The van der Waals surface area contributed by atoms with Crippen molar-refractivity contribution >= 4 is 40.4 Å². The highest BCUT2D eigenvalue weighted by Crippen LogP contribution is 2.30. The molecule has 0 aliphatic carbocycles. The van der Waals surface area contributed by atoms with Crippen LogP contribution in [0.25, 0.3) is 22.3 Å². The molecule has 4 aromatic rings. The Morgan fingerprint density at radius 1 is 1.12 bits per heavy atom. The van der Waals surface area contributed by atoms with Crippen LogP contribution >= 0.6 is 11.9 Å². The van der Waals surface area contributed by atoms with Gasteiger partial charge in [-0.3, -0.25) is 9.69 Å². The number of nitrogens with zero attached hydrogens (tertiary/aromatic N) is 4. The maximum Gasteiger partial charge on any atom is 0.243 e. The van der Waals surface area contributed by atoms with E-state index in [9.17, 15) is 4.79 Å². The molecule has 2 aromatic carbocycles. The van der Waals surface area contributed by atoms with Crippen LogP contribution in [-0.4, -0.2) is 71.2 Å². The van der Waals surface area contributed by atoms with E-state index < -0.39 is 0 Å². The lowest BCUT2D eigenvalue weighted by molar-refractivity contribution is -0.117. The van der Waals surface area contributed by atoms with Crippen LogP contribution in [0.15, 0.2) is 78.5 Å². The van der Waals surface area contributed by atoms with Gasteiger partial charge < -0.3 is 24.7 Å². The fraction of sp³-hybridized carbons (Fsp3) is 0.323. The van der Waals surface area contributed by atoms with Gasteiger partial charge in [0.2, 0.25) is 5.91 Å². The molecule has 3 N–H and O–H groups in total. The van der Waals surface area contributed by atoms with Gasteiger partial charge in [0.25, 0.3) is 0 Å². The van der Waals surface area contributed by atoms with Crippen LogP contribution in [0.2, 0.25) is 0 Å². The first-order valence-electron chi connectivity index (χ1n) is 14.1. The zero-order valence-electron chi connectivity index (χ0n) is 23.0. The second-order valence-corrected chi connectivity index (χ2v) is 11.3. The van der Waals surface area contributed by atoms with Gasteiger partial charge in [-0.05, 0) is 78.9 Å². The standard InChI is InChI=1S/C31H35N7O2S/c1-2-29(39)34-25-6-4-12-37(20-25)19-22-5-3-7-26(17-22)41-36-24-10-8-23(9-11-24)28-18-27-30(35-28)32-21-33-31(27)38-13-15-40-16-14-38/h2-3,5,7-11,17-18,21,25,36H,1,4,6,12-16,19-20H2,(H,34,39)(H,32,33,35)/t25-/m1/s1. The lowest BCUT2D eigenvalue weighted by Crippen LogP contribution is -2.46. The molecule has 1 atom stereocenters. The van der Waals surface area contributed by atoms with Crippen LogP contribution in [0, 0.1) is 0 Å². The fourth-order valence-corrected chi connectivity index (χ4v) is 6.22. The predicted molar refractivity (Wildman–Crippen MR) is 165 cm³/mol. The molecule has 0 radical (unpaired) electrons. The number of aromatic amines is 1. The number of morpholine rings is 1. The molecule has 9 nitrogen and oxygen atoms in total. The van der Waals surface area contributed by atoms with E-state index in [0.717, 1.165) is 97.5 Å². The Bertz CT molecular complexity index is 1500. The first-order chi connectivity index (χ1) is 20.1. The number of fused-ring (bicyclic) bond motifs is 1. The maximum atomic E-state index is 11.7. The van der Waals surface area contributed by atoms with Gasteiger partial charge in [-0.2, -0.15) is 0 Å². The van der Waals surface area contributed by atoms with E-state index in [0.29, 0.717) is 0 Å². The number of carbonyl (C=O) groups is 1. The van der Waals surface area contributed by atoms with E-state index in [1.165, 1.54) is 11.6 Å². The van der Waals surface area contributed by atoms with Crippen molar-refractivity contribution < 1.29 is 9.53 Å². The third-order valence-electron chi connectivity index (χ3n) is 7.54. The van der Waals surface area contributed by atoms with Crippen LogP contribution in [0.4, 0.5) is 11.5 Å². The van der Waals surface area contributed by atoms with Crippen LogP contribution in [0.1, 0.15) is 18.4 Å². The average Bonchev–Trinajstić information content (AvgIpc) is 3.46. The molecule has 0 saturated carbocycles. The molecule has 2 saturated heterocycles. The van der Waals surface area contributed by atoms with Crippen molar-refractivity contribution in [3.8, 4) is 11.3 Å². The van der Waals surface area contributed by atoms with Gasteiger partial charge in [-0.1, -0.05) is 30.8 Å². The molecule has 41 heavy (non-hydrogen) atoms. The molecule has 0 unspecified atom stereocenters. The van der Waals surface area contributed by atoms with Crippen LogP contribution < -0.4 is 14.9 Å². The highest BCUT2D eigenvalue weighted by Gasteiger charge is 2.21. The van der Waals surface area contributed by atoms with Gasteiger partial charge in [0, 0.05) is 48.5 Å². The summed E-state index contributed by atoms with van der Waals surface area (Å²) in [5.74, 6) is 0.861. The summed E-state index contributed by atoms with van der Waals surface area (Å²) in [4.78, 5) is 30.0. The average molecular weight is 570 g/mol. The zero-order chi connectivity index (χ0) is 28.0. The lowest BCUT2D eigenvalue weighted by atomic mass is 10.0. The first-order valence-corrected chi connectivity index (χ1v) is 14.9. The number of aromatic nitrogens is 3. The summed E-state index contributed by atoms with van der Waals surface area (Å²) in [6.45, 7) is 9.44. The molecule has 10 heteroatoms. The minimum Gasteiger partial charge on any atom is -0.378 e. The number of H-pyrrole nitrogens is 1. The molecule has 1 amide bonds. The molecule has 2 aromatic heterocycles. The number of anilines is 2. The summed E-state index contributed by atoms with van der Waals surface area (Å²) in [6, 6.07) is 19.4. The van der Waals surface area contributed by atoms with Crippen molar-refractivity contribution in [1.29, 1.82) is 0 Å². The Labute approximate surface area is 244 Å². The molecule has 4 heterocycles. The maximum absolute atomic E-state index is 11.7. The van der Waals surface area contributed by atoms with Crippen molar-refractivity contribution in [3.05, 3.63) is 79.1 Å². The van der Waals surface area contributed by atoms with Crippen molar-refractivity contribution in [2.45, 2.75) is 30.3 Å². The second-order valence-electron chi connectivity index (χ2n) is 10.5. The number of likely N-dealkylation sites (tertiary alicyclic amines) is 1. The summed E-state index contributed by atoms with van der Waals surface area (Å²) in [7, 11) is 0. The molecule has 2 fully saturated rings. The van der Waals surface area contributed by atoms with Gasteiger partial charge in [0.1, 0.15) is 17.8 Å². The molecule has 0 spiro atoms. The first kappa shape index (κ1) is 27.3. The van der Waals surface area contributed by atoms with E-state index in [1.807, 2.05) is 0 Å². The number of amides is 1. The largest absolute Gasteiger partial charge is 0.378 e. The van der Waals surface area contributed by atoms with E-state index in [2.05, 4.69) is 96.0 Å². The minimum atomic E-state index is -0.0945. The van der Waals surface area contributed by atoms with Crippen molar-refractivity contribution in [2.24, 2.45) is 0 Å². The topological polar surface area (TPSA) is 98.4 Å². The zero-order valence-corrected chi connectivity index (χ0v) is 23.8. The third kappa shape index (κ3) is 6.73. The molecule has 212 valence electrons. The Morgan fingerprint density at radius 2 is 1.98 bits per heavy atom. The third-order valence-corrected chi connectivity index (χ3v) is 8.37. The van der Waals surface area contributed by atoms with Gasteiger partial charge in [0.05, 0.1) is 18.6 Å². The highest BCUT2D eigenvalue weighted by atomic mass is 32.2. The van der Waals surface area contributed by atoms with Gasteiger partial charge >= 0.3 is 0 Å². The second kappa shape index (κ2) is 12.8. The van der Waals surface area contributed by atoms with Crippen molar-refractivity contribution in [3.63, 3.8) is 0 Å². The minimum absolute atomic E-state index is 0.0945. The number of hydrogen-bond donors (Lipinski definition) is 3.